The minimum Gasteiger partial charge on any atom is -0.497 e. The van der Waals surface area contributed by atoms with Crippen molar-refractivity contribution in [2.75, 3.05) is 13.7 Å². The van der Waals surface area contributed by atoms with Crippen LogP contribution in [0.3, 0.4) is 0 Å². The van der Waals surface area contributed by atoms with E-state index in [4.69, 9.17) is 18.9 Å². The van der Waals surface area contributed by atoms with E-state index in [2.05, 4.69) is 5.32 Å². The molecule has 0 aliphatic carbocycles. The Labute approximate surface area is 150 Å². The molecule has 4 atom stereocenters. The fourth-order valence-electron chi connectivity index (χ4n) is 3.30. The number of amides is 1. The predicted octanol–water partition coefficient (Wildman–Crippen LogP) is 0.985. The number of rotatable bonds is 4. The first-order valence-corrected chi connectivity index (χ1v) is 8.44. The third-order valence-electron chi connectivity index (χ3n) is 4.75. The number of benzene rings is 1. The fourth-order valence-corrected chi connectivity index (χ4v) is 3.30. The molecule has 138 valence electrons. The van der Waals surface area contributed by atoms with Gasteiger partial charge in [-0.3, -0.25) is 4.79 Å². The summed E-state index contributed by atoms with van der Waals surface area (Å²) < 4.78 is 22.3. The number of hydrogen-bond acceptors (Lipinski definition) is 7. The summed E-state index contributed by atoms with van der Waals surface area (Å²) in [6.07, 6.45) is 1.03. The Balaban J connectivity index is 1.37. The second-order valence-electron chi connectivity index (χ2n) is 6.45. The normalized spacial score (nSPS) is 29.5. The Morgan fingerprint density at radius 2 is 2.08 bits per heavy atom. The van der Waals surface area contributed by atoms with Crippen molar-refractivity contribution in [3.05, 3.63) is 41.6 Å². The molecule has 0 aromatic heterocycles. The van der Waals surface area contributed by atoms with Gasteiger partial charge in [0, 0.05) is 18.2 Å². The summed E-state index contributed by atoms with van der Waals surface area (Å²) in [6.45, 7) is 1.82. The topological polar surface area (TPSA) is 86.3 Å². The molecule has 8 heteroatoms. The summed E-state index contributed by atoms with van der Waals surface area (Å²) in [5, 5.41) is 2.79. The minimum atomic E-state index is -0.544. The Kier molecular flexibility index (Phi) is 4.29. The highest BCUT2D eigenvalue weighted by atomic mass is 16.6. The maximum absolute atomic E-state index is 12.2. The molecule has 0 saturated carbocycles. The van der Waals surface area contributed by atoms with Gasteiger partial charge in [0.05, 0.1) is 18.8 Å². The molecule has 1 aromatic carbocycles. The first kappa shape index (κ1) is 16.9. The van der Waals surface area contributed by atoms with Gasteiger partial charge in [0.2, 0.25) is 6.35 Å². The van der Waals surface area contributed by atoms with E-state index in [9.17, 15) is 9.59 Å². The first-order valence-electron chi connectivity index (χ1n) is 8.44. The minimum absolute atomic E-state index is 0.0865. The molecule has 2 fully saturated rings. The zero-order valence-electron chi connectivity index (χ0n) is 14.5. The molecule has 0 spiro atoms. The fraction of sp³-hybridized carbons (Fsp3) is 0.444. The molecular weight excluding hydrogens is 340 g/mol. The predicted molar refractivity (Wildman–Crippen MR) is 89.0 cm³/mol. The second-order valence-corrected chi connectivity index (χ2v) is 6.45. The van der Waals surface area contributed by atoms with E-state index in [1.807, 2.05) is 4.90 Å². The number of carbonyl (C=O) groups excluding carboxylic acids is 2. The van der Waals surface area contributed by atoms with Crippen LogP contribution in [0.25, 0.3) is 0 Å². The summed E-state index contributed by atoms with van der Waals surface area (Å²) in [5.74, 6) is 0.0828. The van der Waals surface area contributed by atoms with E-state index in [1.54, 1.807) is 44.5 Å². The number of hydrogen-bond donors (Lipinski definition) is 1. The molecular formula is C18H20N2O6. The number of esters is 1. The molecule has 3 heterocycles. The van der Waals surface area contributed by atoms with Crippen LogP contribution in [0.5, 0.6) is 5.75 Å². The van der Waals surface area contributed by atoms with Crippen molar-refractivity contribution in [3.63, 3.8) is 0 Å². The molecule has 3 aliphatic heterocycles. The van der Waals surface area contributed by atoms with Gasteiger partial charge in [0.25, 0.3) is 5.91 Å². The second kappa shape index (κ2) is 6.62. The van der Waals surface area contributed by atoms with Gasteiger partial charge >= 0.3 is 5.97 Å². The third kappa shape index (κ3) is 3.02. The Morgan fingerprint density at radius 3 is 2.81 bits per heavy atom. The number of methoxy groups -OCH3 is 1. The van der Waals surface area contributed by atoms with Gasteiger partial charge < -0.3 is 29.2 Å². The molecule has 1 amide bonds. The average molecular weight is 360 g/mol. The molecule has 1 aromatic rings. The van der Waals surface area contributed by atoms with Crippen molar-refractivity contribution in [1.82, 2.24) is 10.2 Å². The van der Waals surface area contributed by atoms with E-state index in [1.165, 1.54) is 0 Å². The van der Waals surface area contributed by atoms with Crippen molar-refractivity contribution in [1.29, 1.82) is 0 Å². The lowest BCUT2D eigenvalue weighted by atomic mass is 10.1. The highest BCUT2D eigenvalue weighted by Crippen LogP contribution is 2.35. The SMILES string of the molecule is COc1ccc(C(=O)OC[C@H]2O[C@@H]3C[C@@H]2OC2NC(=O)C(C)=CN23)cc1. The molecule has 2 saturated heterocycles. The van der Waals surface area contributed by atoms with E-state index < -0.39 is 12.3 Å². The van der Waals surface area contributed by atoms with Crippen molar-refractivity contribution in [3.8, 4) is 5.75 Å². The van der Waals surface area contributed by atoms with Crippen LogP contribution in [0, 0.1) is 0 Å². The third-order valence-corrected chi connectivity index (χ3v) is 4.75. The van der Waals surface area contributed by atoms with E-state index in [0.717, 1.165) is 0 Å². The molecule has 8 nitrogen and oxygen atoms in total. The van der Waals surface area contributed by atoms with Crippen molar-refractivity contribution in [2.45, 2.75) is 38.1 Å². The van der Waals surface area contributed by atoms with Crippen LogP contribution in [0.1, 0.15) is 23.7 Å². The van der Waals surface area contributed by atoms with Crippen LogP contribution >= 0.6 is 0 Å². The Morgan fingerprint density at radius 1 is 1.31 bits per heavy atom. The molecule has 4 rings (SSSR count). The maximum Gasteiger partial charge on any atom is 0.338 e. The number of nitrogens with zero attached hydrogens (tertiary/aromatic N) is 1. The highest BCUT2D eigenvalue weighted by Gasteiger charge is 2.48. The van der Waals surface area contributed by atoms with Gasteiger partial charge in [-0.15, -0.1) is 0 Å². The van der Waals surface area contributed by atoms with E-state index in [0.29, 0.717) is 23.3 Å². The summed E-state index contributed by atoms with van der Waals surface area (Å²) >= 11 is 0. The molecule has 26 heavy (non-hydrogen) atoms. The molecule has 0 radical (unpaired) electrons. The molecule has 3 aliphatic rings. The van der Waals surface area contributed by atoms with Gasteiger partial charge in [-0.1, -0.05) is 0 Å². The average Bonchev–Trinajstić information content (AvgIpc) is 2.99. The smallest absolute Gasteiger partial charge is 0.338 e. The van der Waals surface area contributed by atoms with Crippen molar-refractivity contribution < 1.29 is 28.5 Å². The zero-order chi connectivity index (χ0) is 18.3. The van der Waals surface area contributed by atoms with Crippen molar-refractivity contribution in [2.24, 2.45) is 0 Å². The number of ether oxygens (including phenoxy) is 4. The van der Waals surface area contributed by atoms with Crippen LogP contribution in [0.15, 0.2) is 36.0 Å². The lowest BCUT2D eigenvalue weighted by molar-refractivity contribution is -0.163. The van der Waals surface area contributed by atoms with Crippen molar-refractivity contribution >= 4 is 11.9 Å². The number of fused-ring (bicyclic) bond motifs is 4. The summed E-state index contributed by atoms with van der Waals surface area (Å²) in [7, 11) is 1.56. The molecule has 2 bridgehead atoms. The quantitative estimate of drug-likeness (QED) is 0.801. The first-order chi connectivity index (χ1) is 12.5. The highest BCUT2D eigenvalue weighted by molar-refractivity contribution is 5.93. The van der Waals surface area contributed by atoms with Gasteiger partial charge in [0.1, 0.15) is 24.7 Å². The summed E-state index contributed by atoms with van der Waals surface area (Å²) in [4.78, 5) is 25.8. The monoisotopic (exact) mass is 360 g/mol. The number of carbonyl (C=O) groups is 2. The van der Waals surface area contributed by atoms with Gasteiger partial charge in [-0.2, -0.15) is 0 Å². The van der Waals surface area contributed by atoms with Crippen LogP contribution in [0.4, 0.5) is 0 Å². The van der Waals surface area contributed by atoms with Crippen LogP contribution in [-0.4, -0.2) is 55.3 Å². The van der Waals surface area contributed by atoms with Gasteiger partial charge in [-0.25, -0.2) is 4.79 Å². The van der Waals surface area contributed by atoms with Crippen LogP contribution in [-0.2, 0) is 19.0 Å². The van der Waals surface area contributed by atoms with Gasteiger partial charge in [-0.05, 0) is 31.2 Å². The molecule has 1 N–H and O–H groups in total. The lowest BCUT2D eigenvalue weighted by Crippen LogP contribution is -2.58. The lowest BCUT2D eigenvalue weighted by Gasteiger charge is -2.41. The standard InChI is InChI=1S/C18H20N2O6/c1-10-8-20-15-7-13(26-18(20)19-16(10)21)14(25-15)9-24-17(22)11-3-5-12(23-2)6-4-11/h3-6,8,13-15,18H,7,9H2,1-2H3,(H,19,21)/t13-,14+,15+,18?/m0/s1. The van der Waals surface area contributed by atoms with E-state index >= 15 is 0 Å². The largest absolute Gasteiger partial charge is 0.497 e. The summed E-state index contributed by atoms with van der Waals surface area (Å²) in [5.41, 5.74) is 1.04. The summed E-state index contributed by atoms with van der Waals surface area (Å²) in [6, 6.07) is 6.70. The Hall–Kier alpha value is -2.58. The zero-order valence-corrected chi connectivity index (χ0v) is 14.5. The Bertz CT molecular complexity index is 747. The van der Waals surface area contributed by atoms with Gasteiger partial charge in [0.15, 0.2) is 0 Å². The van der Waals surface area contributed by atoms with Crippen LogP contribution < -0.4 is 10.1 Å². The van der Waals surface area contributed by atoms with Crippen LogP contribution in [0.2, 0.25) is 0 Å². The maximum atomic E-state index is 12.2. The molecule has 1 unspecified atom stereocenters. The number of nitrogens with one attached hydrogen (secondary N) is 1. The van der Waals surface area contributed by atoms with E-state index in [-0.39, 0.29) is 30.9 Å².